The molecule has 0 saturated heterocycles. The molecule has 4 nitrogen and oxygen atoms in total. The van der Waals surface area contributed by atoms with Crippen LogP contribution in [0.4, 0.5) is 0 Å². The van der Waals surface area contributed by atoms with Gasteiger partial charge in [0.05, 0.1) is 6.42 Å². The van der Waals surface area contributed by atoms with Crippen LogP contribution in [-0.4, -0.2) is 15.6 Å². The van der Waals surface area contributed by atoms with Gasteiger partial charge in [0.15, 0.2) is 0 Å². The number of carbonyl (C=O) groups is 1. The molecule has 4 heteroatoms. The van der Waals surface area contributed by atoms with Gasteiger partial charge in [0, 0.05) is 18.3 Å². The van der Waals surface area contributed by atoms with E-state index in [9.17, 15) is 9.59 Å². The second kappa shape index (κ2) is 3.97. The molecule has 1 N–H and O–H groups in total. The molecular formula is C14H17NO3. The zero-order chi connectivity index (χ0) is 12.8. The molecular weight excluding hydrogens is 230 g/mol. The van der Waals surface area contributed by atoms with Gasteiger partial charge in [-0.2, -0.15) is 0 Å². The van der Waals surface area contributed by atoms with Gasteiger partial charge in [-0.25, -0.2) is 0 Å². The molecule has 1 aromatic heterocycles. The highest BCUT2D eigenvalue weighted by Crippen LogP contribution is 2.50. The summed E-state index contributed by atoms with van der Waals surface area (Å²) in [6.45, 7) is 0.585. The molecule has 0 amide bonds. The molecule has 96 valence electrons. The number of rotatable bonds is 4. The van der Waals surface area contributed by atoms with Gasteiger partial charge < -0.3 is 9.67 Å². The summed E-state index contributed by atoms with van der Waals surface area (Å²) in [7, 11) is 0. The lowest BCUT2D eigenvalue weighted by molar-refractivity contribution is -0.138. The Bertz CT molecular complexity index is 555. The molecule has 0 radical (unpaired) electrons. The molecule has 0 aliphatic heterocycles. The number of carboxylic acids is 1. The molecule has 1 aromatic rings. The number of fused-ring (bicyclic) bond motifs is 1. The van der Waals surface area contributed by atoms with Crippen LogP contribution in [0.25, 0.3) is 0 Å². The van der Waals surface area contributed by atoms with E-state index in [2.05, 4.69) is 0 Å². The van der Waals surface area contributed by atoms with Crippen LogP contribution in [0.1, 0.15) is 36.9 Å². The molecule has 0 atom stereocenters. The minimum Gasteiger partial charge on any atom is -0.481 e. The molecule has 0 bridgehead atoms. The summed E-state index contributed by atoms with van der Waals surface area (Å²) in [5, 5.41) is 8.94. The van der Waals surface area contributed by atoms with Gasteiger partial charge in [-0.15, -0.1) is 0 Å². The Labute approximate surface area is 105 Å². The highest BCUT2D eigenvalue weighted by molar-refractivity contribution is 5.68. The fourth-order valence-electron chi connectivity index (χ4n) is 3.03. The van der Waals surface area contributed by atoms with Gasteiger partial charge in [0.1, 0.15) is 0 Å². The lowest BCUT2D eigenvalue weighted by Crippen LogP contribution is -2.28. The van der Waals surface area contributed by atoms with Gasteiger partial charge in [-0.05, 0) is 43.1 Å². The van der Waals surface area contributed by atoms with E-state index >= 15 is 0 Å². The van der Waals surface area contributed by atoms with Crippen molar-refractivity contribution in [3.05, 3.63) is 33.7 Å². The van der Waals surface area contributed by atoms with Crippen molar-refractivity contribution in [2.24, 2.45) is 5.41 Å². The van der Waals surface area contributed by atoms with Crippen molar-refractivity contribution in [2.45, 2.75) is 45.1 Å². The van der Waals surface area contributed by atoms with Crippen LogP contribution in [-0.2, 0) is 24.2 Å². The number of aryl methyl sites for hydroxylation is 1. The highest BCUT2D eigenvalue weighted by atomic mass is 16.4. The van der Waals surface area contributed by atoms with Crippen LogP contribution >= 0.6 is 0 Å². The van der Waals surface area contributed by atoms with Gasteiger partial charge in [0.2, 0.25) is 0 Å². The number of hydrogen-bond donors (Lipinski definition) is 1. The molecule has 3 rings (SSSR count). The predicted octanol–water partition coefficient (Wildman–Crippen LogP) is 1.59. The Kier molecular flexibility index (Phi) is 2.54. The number of hydrogen-bond acceptors (Lipinski definition) is 2. The third kappa shape index (κ3) is 1.96. The Morgan fingerprint density at radius 3 is 2.78 bits per heavy atom. The minimum atomic E-state index is -0.756. The Morgan fingerprint density at radius 2 is 2.11 bits per heavy atom. The second-order valence-corrected chi connectivity index (χ2v) is 5.65. The van der Waals surface area contributed by atoms with Crippen LogP contribution in [0, 0.1) is 5.41 Å². The summed E-state index contributed by atoms with van der Waals surface area (Å²) in [5.41, 5.74) is 2.26. The molecule has 1 fully saturated rings. The van der Waals surface area contributed by atoms with Crippen LogP contribution in [0.3, 0.4) is 0 Å². The van der Waals surface area contributed by atoms with Crippen LogP contribution < -0.4 is 5.56 Å². The maximum absolute atomic E-state index is 12.0. The van der Waals surface area contributed by atoms with E-state index in [0.717, 1.165) is 37.8 Å². The van der Waals surface area contributed by atoms with Gasteiger partial charge >= 0.3 is 5.97 Å². The SMILES string of the molecule is O=C(O)CC1(Cn2c3c(ccc2=O)CCC3)CC1. The average molecular weight is 247 g/mol. The van der Waals surface area contributed by atoms with E-state index in [1.165, 1.54) is 5.56 Å². The molecule has 0 unspecified atom stereocenters. The highest BCUT2D eigenvalue weighted by Gasteiger charge is 2.45. The maximum Gasteiger partial charge on any atom is 0.303 e. The number of pyridine rings is 1. The summed E-state index contributed by atoms with van der Waals surface area (Å²) in [6, 6.07) is 3.55. The number of aliphatic carboxylic acids is 1. The average Bonchev–Trinajstić information content (AvgIpc) is 2.89. The Hall–Kier alpha value is -1.58. The molecule has 2 aliphatic carbocycles. The molecule has 0 spiro atoms. The van der Waals surface area contributed by atoms with Crippen LogP contribution in [0.2, 0.25) is 0 Å². The summed E-state index contributed by atoms with van der Waals surface area (Å²) < 4.78 is 1.83. The van der Waals surface area contributed by atoms with Crippen molar-refractivity contribution in [3.63, 3.8) is 0 Å². The number of aromatic nitrogens is 1. The lowest BCUT2D eigenvalue weighted by atomic mass is 10.0. The van der Waals surface area contributed by atoms with Crippen molar-refractivity contribution in [1.82, 2.24) is 4.57 Å². The lowest BCUT2D eigenvalue weighted by Gasteiger charge is -2.18. The zero-order valence-corrected chi connectivity index (χ0v) is 10.3. The summed E-state index contributed by atoms with van der Waals surface area (Å²) >= 11 is 0. The first kappa shape index (κ1) is 11.5. The molecule has 0 aromatic carbocycles. The van der Waals surface area contributed by atoms with E-state index in [1.807, 2.05) is 10.6 Å². The van der Waals surface area contributed by atoms with Gasteiger partial charge in [-0.1, -0.05) is 6.07 Å². The van der Waals surface area contributed by atoms with Crippen molar-refractivity contribution >= 4 is 5.97 Å². The molecule has 1 heterocycles. The van der Waals surface area contributed by atoms with Crippen molar-refractivity contribution in [3.8, 4) is 0 Å². The quantitative estimate of drug-likeness (QED) is 0.879. The summed E-state index contributed by atoms with van der Waals surface area (Å²) in [4.78, 5) is 22.9. The topological polar surface area (TPSA) is 59.3 Å². The van der Waals surface area contributed by atoms with Gasteiger partial charge in [0.25, 0.3) is 5.56 Å². The van der Waals surface area contributed by atoms with E-state index in [-0.39, 0.29) is 17.4 Å². The first-order valence-electron chi connectivity index (χ1n) is 6.53. The maximum atomic E-state index is 12.0. The monoisotopic (exact) mass is 247 g/mol. The minimum absolute atomic E-state index is 0.0207. The van der Waals surface area contributed by atoms with E-state index in [1.54, 1.807) is 6.07 Å². The number of carboxylic acid groups (broad SMARTS) is 1. The second-order valence-electron chi connectivity index (χ2n) is 5.65. The van der Waals surface area contributed by atoms with Crippen molar-refractivity contribution < 1.29 is 9.90 Å². The first-order chi connectivity index (χ1) is 8.60. The molecule has 2 aliphatic rings. The predicted molar refractivity (Wildman–Crippen MR) is 66.6 cm³/mol. The fraction of sp³-hybridized carbons (Fsp3) is 0.571. The fourth-order valence-corrected chi connectivity index (χ4v) is 3.03. The normalized spacial score (nSPS) is 19.6. The molecule has 18 heavy (non-hydrogen) atoms. The number of nitrogens with zero attached hydrogens (tertiary/aromatic N) is 1. The Balaban J connectivity index is 1.92. The van der Waals surface area contributed by atoms with Crippen molar-refractivity contribution in [1.29, 1.82) is 0 Å². The van der Waals surface area contributed by atoms with E-state index in [0.29, 0.717) is 6.54 Å². The van der Waals surface area contributed by atoms with Crippen molar-refractivity contribution in [2.75, 3.05) is 0 Å². The third-order valence-electron chi connectivity index (χ3n) is 4.23. The standard InChI is InChI=1S/C14H17NO3/c16-12-5-4-10-2-1-3-11(10)15(12)9-14(6-7-14)8-13(17)18/h4-5H,1-3,6-9H2,(H,17,18). The summed E-state index contributed by atoms with van der Waals surface area (Å²) in [6.07, 6.45) is 5.13. The third-order valence-corrected chi connectivity index (χ3v) is 4.23. The van der Waals surface area contributed by atoms with Crippen LogP contribution in [0.5, 0.6) is 0 Å². The largest absolute Gasteiger partial charge is 0.481 e. The zero-order valence-electron chi connectivity index (χ0n) is 10.3. The Morgan fingerprint density at radius 1 is 1.33 bits per heavy atom. The molecule has 1 saturated carbocycles. The van der Waals surface area contributed by atoms with Crippen LogP contribution in [0.15, 0.2) is 16.9 Å². The van der Waals surface area contributed by atoms with E-state index < -0.39 is 5.97 Å². The smallest absolute Gasteiger partial charge is 0.303 e. The summed E-state index contributed by atoms with van der Waals surface area (Å²) in [5.74, 6) is -0.756. The first-order valence-corrected chi connectivity index (χ1v) is 6.53. The van der Waals surface area contributed by atoms with Gasteiger partial charge in [-0.3, -0.25) is 9.59 Å². The van der Waals surface area contributed by atoms with E-state index in [4.69, 9.17) is 5.11 Å².